The van der Waals surface area contributed by atoms with Crippen molar-refractivity contribution in [2.45, 2.75) is 0 Å². The molecule has 0 aliphatic heterocycles. The molecule has 2 aromatic heterocycles. The van der Waals surface area contributed by atoms with Crippen LogP contribution in [-0.2, 0) is 7.05 Å². The number of nitriles is 1. The lowest BCUT2D eigenvalue weighted by molar-refractivity contribution is 0.925. The molecule has 0 bridgehead atoms. The van der Waals surface area contributed by atoms with Crippen LogP contribution in [0.25, 0.3) is 33.6 Å². The monoisotopic (exact) mass is 310 g/mol. The molecule has 4 aromatic rings. The molecule has 4 rings (SSSR count). The van der Waals surface area contributed by atoms with Gasteiger partial charge in [0.2, 0.25) is 0 Å². The maximum atomic E-state index is 9.62. The molecule has 0 unspecified atom stereocenters. The Labute approximate surface area is 139 Å². The van der Waals surface area contributed by atoms with E-state index in [-0.39, 0.29) is 0 Å². The van der Waals surface area contributed by atoms with Gasteiger partial charge >= 0.3 is 0 Å². The van der Waals surface area contributed by atoms with Gasteiger partial charge in [-0.25, -0.2) is 4.98 Å². The highest BCUT2D eigenvalue weighted by Gasteiger charge is 2.11. The van der Waals surface area contributed by atoms with E-state index in [9.17, 15) is 5.26 Å². The fourth-order valence-corrected chi connectivity index (χ4v) is 2.87. The van der Waals surface area contributed by atoms with Crippen LogP contribution in [0.15, 0.2) is 60.8 Å². The van der Waals surface area contributed by atoms with E-state index < -0.39 is 0 Å². The molecule has 114 valence electrons. The quantitative estimate of drug-likeness (QED) is 0.522. The standard InChI is InChI=1S/C20H14N4/c1-24-19-7-3-2-6-17(19)23-20(24)16(13-21)11-14-8-9-15-5-4-10-22-18(15)12-14/h2-12H,1H3/b16-11-. The summed E-state index contributed by atoms with van der Waals surface area (Å²) < 4.78 is 1.95. The smallest absolute Gasteiger partial charge is 0.151 e. The zero-order chi connectivity index (χ0) is 16.5. The zero-order valence-electron chi connectivity index (χ0n) is 13.1. The van der Waals surface area contributed by atoms with Gasteiger partial charge in [0.1, 0.15) is 6.07 Å². The van der Waals surface area contributed by atoms with E-state index >= 15 is 0 Å². The van der Waals surface area contributed by atoms with Crippen molar-refractivity contribution in [2.24, 2.45) is 7.05 Å². The highest BCUT2D eigenvalue weighted by atomic mass is 15.1. The Morgan fingerprint density at radius 1 is 1.08 bits per heavy atom. The Bertz CT molecular complexity index is 1130. The summed E-state index contributed by atoms with van der Waals surface area (Å²) in [6, 6.07) is 20.1. The molecule has 24 heavy (non-hydrogen) atoms. The van der Waals surface area contributed by atoms with Gasteiger partial charge in [-0.2, -0.15) is 5.26 Å². The summed E-state index contributed by atoms with van der Waals surface area (Å²) in [5.41, 5.74) is 4.27. The van der Waals surface area contributed by atoms with E-state index in [1.54, 1.807) is 6.20 Å². The number of hydrogen-bond donors (Lipinski definition) is 0. The first kappa shape index (κ1) is 14.2. The summed E-state index contributed by atoms with van der Waals surface area (Å²) in [6.45, 7) is 0. The molecular weight excluding hydrogens is 296 g/mol. The molecular formula is C20H14N4. The van der Waals surface area contributed by atoms with E-state index in [0.29, 0.717) is 11.4 Å². The van der Waals surface area contributed by atoms with Crippen LogP contribution in [0, 0.1) is 11.3 Å². The molecule has 0 spiro atoms. The van der Waals surface area contributed by atoms with E-state index in [1.807, 2.05) is 72.3 Å². The lowest BCUT2D eigenvalue weighted by Crippen LogP contribution is -1.96. The fraction of sp³-hybridized carbons (Fsp3) is 0.0500. The number of nitrogens with zero attached hydrogens (tertiary/aromatic N) is 4. The lowest BCUT2D eigenvalue weighted by Gasteiger charge is -2.02. The van der Waals surface area contributed by atoms with Gasteiger partial charge in [-0.05, 0) is 35.9 Å². The van der Waals surface area contributed by atoms with Gasteiger partial charge in [-0.1, -0.05) is 30.3 Å². The van der Waals surface area contributed by atoms with E-state index in [1.165, 1.54) is 0 Å². The molecule has 0 saturated carbocycles. The van der Waals surface area contributed by atoms with E-state index in [2.05, 4.69) is 16.0 Å². The third-order valence-corrected chi connectivity index (χ3v) is 4.09. The fourth-order valence-electron chi connectivity index (χ4n) is 2.87. The Hall–Kier alpha value is -3.45. The largest absolute Gasteiger partial charge is 0.327 e. The summed E-state index contributed by atoms with van der Waals surface area (Å²) in [7, 11) is 1.93. The first-order chi connectivity index (χ1) is 11.8. The highest BCUT2D eigenvalue weighted by Crippen LogP contribution is 2.23. The van der Waals surface area contributed by atoms with Gasteiger partial charge in [-0.3, -0.25) is 4.98 Å². The number of benzene rings is 2. The molecule has 0 radical (unpaired) electrons. The van der Waals surface area contributed by atoms with Crippen LogP contribution in [0.4, 0.5) is 0 Å². The first-order valence-corrected chi connectivity index (χ1v) is 7.65. The Kier molecular flexibility index (Phi) is 3.33. The SMILES string of the molecule is Cn1c(/C(C#N)=C\c2ccc3cccnc3c2)nc2ccccc21. The number of aromatic nitrogens is 3. The molecule has 0 atom stereocenters. The molecule has 0 aliphatic rings. The lowest BCUT2D eigenvalue weighted by atomic mass is 10.1. The molecule has 0 aliphatic carbocycles. The van der Waals surface area contributed by atoms with Gasteiger partial charge in [0, 0.05) is 18.6 Å². The molecule has 0 amide bonds. The molecule has 2 aromatic carbocycles. The maximum Gasteiger partial charge on any atom is 0.151 e. The van der Waals surface area contributed by atoms with Gasteiger partial charge in [-0.15, -0.1) is 0 Å². The van der Waals surface area contributed by atoms with Crippen molar-refractivity contribution < 1.29 is 0 Å². The number of hydrogen-bond acceptors (Lipinski definition) is 3. The van der Waals surface area contributed by atoms with Crippen molar-refractivity contribution in [3.8, 4) is 6.07 Å². The van der Waals surface area contributed by atoms with Gasteiger partial charge in [0.25, 0.3) is 0 Å². The number of imidazole rings is 1. The van der Waals surface area contributed by atoms with Crippen LogP contribution in [0.3, 0.4) is 0 Å². The normalized spacial score (nSPS) is 11.8. The molecule has 4 heteroatoms. The third-order valence-electron chi connectivity index (χ3n) is 4.09. The Morgan fingerprint density at radius 2 is 1.96 bits per heavy atom. The highest BCUT2D eigenvalue weighted by molar-refractivity contribution is 5.92. The number of fused-ring (bicyclic) bond motifs is 2. The molecule has 2 heterocycles. The minimum Gasteiger partial charge on any atom is -0.327 e. The summed E-state index contributed by atoms with van der Waals surface area (Å²) in [5.74, 6) is 0.666. The van der Waals surface area contributed by atoms with Crippen LogP contribution in [0.1, 0.15) is 11.4 Å². The van der Waals surface area contributed by atoms with Crippen LogP contribution in [-0.4, -0.2) is 14.5 Å². The number of aryl methyl sites for hydroxylation is 1. The Morgan fingerprint density at radius 3 is 2.79 bits per heavy atom. The second-order valence-electron chi connectivity index (χ2n) is 5.61. The first-order valence-electron chi connectivity index (χ1n) is 7.65. The minimum absolute atomic E-state index is 0.531. The average Bonchev–Trinajstić information content (AvgIpc) is 2.96. The van der Waals surface area contributed by atoms with Crippen LogP contribution >= 0.6 is 0 Å². The van der Waals surface area contributed by atoms with Gasteiger partial charge < -0.3 is 4.57 Å². The molecule has 0 fully saturated rings. The van der Waals surface area contributed by atoms with E-state index in [0.717, 1.165) is 27.5 Å². The summed E-state index contributed by atoms with van der Waals surface area (Å²) in [5, 5.41) is 10.7. The predicted molar refractivity (Wildman–Crippen MR) is 95.9 cm³/mol. The summed E-state index contributed by atoms with van der Waals surface area (Å²) in [4.78, 5) is 8.97. The number of pyridine rings is 1. The number of para-hydroxylation sites is 2. The van der Waals surface area contributed by atoms with Crippen molar-refractivity contribution in [1.29, 1.82) is 5.26 Å². The van der Waals surface area contributed by atoms with Crippen molar-refractivity contribution in [3.63, 3.8) is 0 Å². The van der Waals surface area contributed by atoms with Crippen LogP contribution in [0.5, 0.6) is 0 Å². The van der Waals surface area contributed by atoms with Crippen molar-refractivity contribution in [1.82, 2.24) is 14.5 Å². The maximum absolute atomic E-state index is 9.62. The van der Waals surface area contributed by atoms with Crippen molar-refractivity contribution in [2.75, 3.05) is 0 Å². The predicted octanol–water partition coefficient (Wildman–Crippen LogP) is 4.19. The van der Waals surface area contributed by atoms with Crippen molar-refractivity contribution >= 4 is 33.6 Å². The average molecular weight is 310 g/mol. The van der Waals surface area contributed by atoms with Crippen LogP contribution in [0.2, 0.25) is 0 Å². The van der Waals surface area contributed by atoms with Crippen LogP contribution < -0.4 is 0 Å². The number of allylic oxidation sites excluding steroid dienone is 1. The number of rotatable bonds is 2. The van der Waals surface area contributed by atoms with E-state index in [4.69, 9.17) is 0 Å². The van der Waals surface area contributed by atoms with Gasteiger partial charge in [0.15, 0.2) is 5.82 Å². The van der Waals surface area contributed by atoms with Crippen molar-refractivity contribution in [3.05, 3.63) is 72.2 Å². The third kappa shape index (κ3) is 2.33. The second kappa shape index (κ2) is 5.64. The van der Waals surface area contributed by atoms with Gasteiger partial charge in [0.05, 0.1) is 22.1 Å². The molecule has 4 nitrogen and oxygen atoms in total. The topological polar surface area (TPSA) is 54.5 Å². The minimum atomic E-state index is 0.531. The second-order valence-corrected chi connectivity index (χ2v) is 5.61. The molecule has 0 N–H and O–H groups in total. The summed E-state index contributed by atoms with van der Waals surface area (Å²) in [6.07, 6.45) is 3.63. The zero-order valence-corrected chi connectivity index (χ0v) is 13.1. The summed E-state index contributed by atoms with van der Waals surface area (Å²) >= 11 is 0. The molecule has 0 saturated heterocycles. The Balaban J connectivity index is 1.85.